The summed E-state index contributed by atoms with van der Waals surface area (Å²) in [6, 6.07) is 2.16. The molecule has 7 heteroatoms. The fourth-order valence-corrected chi connectivity index (χ4v) is 1.23. The Morgan fingerprint density at radius 1 is 1.35 bits per heavy atom. The molecule has 0 saturated carbocycles. The Kier molecular flexibility index (Phi) is 4.68. The maximum Gasteiger partial charge on any atom is 0.435 e. The quantitative estimate of drug-likeness (QED) is 0.870. The standard InChI is InChI=1S/C10H14F3N3O/c1-3-7(6-17-2)14-9-5-4-8(15-16-9)10(11,12)13/h4-5,7H,3,6H2,1-2H3,(H,14,16). The molecule has 96 valence electrons. The average molecular weight is 249 g/mol. The number of anilines is 1. The van der Waals surface area contributed by atoms with Crippen LogP contribution < -0.4 is 5.32 Å². The Balaban J connectivity index is 2.68. The van der Waals surface area contributed by atoms with Crippen molar-refractivity contribution in [3.8, 4) is 0 Å². The number of methoxy groups -OCH3 is 1. The van der Waals surface area contributed by atoms with Crippen molar-refractivity contribution >= 4 is 5.82 Å². The molecule has 0 aromatic carbocycles. The van der Waals surface area contributed by atoms with Crippen LogP contribution in [0.1, 0.15) is 19.0 Å². The Morgan fingerprint density at radius 3 is 2.47 bits per heavy atom. The van der Waals surface area contributed by atoms with Crippen LogP contribution in [0.4, 0.5) is 19.0 Å². The zero-order valence-corrected chi connectivity index (χ0v) is 9.58. The van der Waals surface area contributed by atoms with E-state index in [1.165, 1.54) is 6.07 Å². The zero-order chi connectivity index (χ0) is 12.9. The summed E-state index contributed by atoms with van der Waals surface area (Å²) in [7, 11) is 1.56. The van der Waals surface area contributed by atoms with E-state index in [1.807, 2.05) is 6.92 Å². The van der Waals surface area contributed by atoms with Gasteiger partial charge in [-0.15, -0.1) is 10.2 Å². The minimum atomic E-state index is -4.46. The summed E-state index contributed by atoms with van der Waals surface area (Å²) in [4.78, 5) is 0. The van der Waals surface area contributed by atoms with Crippen molar-refractivity contribution in [1.82, 2.24) is 10.2 Å². The van der Waals surface area contributed by atoms with E-state index in [0.29, 0.717) is 12.4 Å². The fourth-order valence-electron chi connectivity index (χ4n) is 1.23. The SMILES string of the molecule is CCC(COC)Nc1ccc(C(F)(F)F)nn1. The van der Waals surface area contributed by atoms with E-state index in [9.17, 15) is 13.2 Å². The summed E-state index contributed by atoms with van der Waals surface area (Å²) in [5.41, 5.74) is -0.997. The molecule has 0 aliphatic rings. The number of alkyl halides is 3. The van der Waals surface area contributed by atoms with Crippen molar-refractivity contribution in [1.29, 1.82) is 0 Å². The normalized spacial score (nSPS) is 13.5. The Hall–Kier alpha value is -1.37. The van der Waals surface area contributed by atoms with Crippen LogP contribution >= 0.6 is 0 Å². The highest BCUT2D eigenvalue weighted by atomic mass is 19.4. The number of hydrogen-bond donors (Lipinski definition) is 1. The molecule has 1 rings (SSSR count). The summed E-state index contributed by atoms with van der Waals surface area (Å²) in [5, 5.41) is 9.54. The largest absolute Gasteiger partial charge is 0.435 e. The number of aromatic nitrogens is 2. The highest BCUT2D eigenvalue weighted by Gasteiger charge is 2.32. The molecule has 1 heterocycles. The number of hydrogen-bond acceptors (Lipinski definition) is 4. The van der Waals surface area contributed by atoms with Crippen molar-refractivity contribution in [2.75, 3.05) is 19.0 Å². The fraction of sp³-hybridized carbons (Fsp3) is 0.600. The molecule has 0 amide bonds. The van der Waals surface area contributed by atoms with Gasteiger partial charge >= 0.3 is 6.18 Å². The van der Waals surface area contributed by atoms with Crippen LogP contribution in [0.15, 0.2) is 12.1 Å². The van der Waals surface area contributed by atoms with Gasteiger partial charge in [0.05, 0.1) is 12.6 Å². The molecule has 0 saturated heterocycles. The molecule has 0 aliphatic carbocycles. The topological polar surface area (TPSA) is 47.0 Å². The maximum absolute atomic E-state index is 12.2. The third kappa shape index (κ3) is 4.18. The smallest absolute Gasteiger partial charge is 0.383 e. The maximum atomic E-state index is 12.2. The van der Waals surface area contributed by atoms with E-state index in [0.717, 1.165) is 12.5 Å². The van der Waals surface area contributed by atoms with Crippen molar-refractivity contribution in [3.63, 3.8) is 0 Å². The number of nitrogens with one attached hydrogen (secondary N) is 1. The van der Waals surface area contributed by atoms with Crippen molar-refractivity contribution in [3.05, 3.63) is 17.8 Å². The predicted octanol–water partition coefficient (Wildman–Crippen LogP) is 2.33. The highest BCUT2D eigenvalue weighted by molar-refractivity contribution is 5.34. The number of nitrogens with zero attached hydrogens (tertiary/aromatic N) is 2. The lowest BCUT2D eigenvalue weighted by atomic mass is 10.2. The molecule has 1 unspecified atom stereocenters. The van der Waals surface area contributed by atoms with Gasteiger partial charge in [-0.25, -0.2) is 0 Å². The third-order valence-corrected chi connectivity index (χ3v) is 2.17. The monoisotopic (exact) mass is 249 g/mol. The van der Waals surface area contributed by atoms with E-state index < -0.39 is 11.9 Å². The van der Waals surface area contributed by atoms with Crippen LogP contribution in [0, 0.1) is 0 Å². The van der Waals surface area contributed by atoms with Gasteiger partial charge in [-0.3, -0.25) is 0 Å². The van der Waals surface area contributed by atoms with Gasteiger partial charge in [-0.05, 0) is 18.6 Å². The third-order valence-electron chi connectivity index (χ3n) is 2.17. The predicted molar refractivity (Wildman–Crippen MR) is 56.6 cm³/mol. The van der Waals surface area contributed by atoms with Crippen LogP contribution in [0.2, 0.25) is 0 Å². The van der Waals surface area contributed by atoms with Crippen LogP contribution in [-0.4, -0.2) is 30.0 Å². The van der Waals surface area contributed by atoms with Crippen LogP contribution in [0.3, 0.4) is 0 Å². The van der Waals surface area contributed by atoms with Gasteiger partial charge in [0.25, 0.3) is 0 Å². The molecule has 1 aromatic heterocycles. The second-order valence-electron chi connectivity index (χ2n) is 3.51. The van der Waals surface area contributed by atoms with Gasteiger partial charge < -0.3 is 10.1 Å². The summed E-state index contributed by atoms with van der Waals surface area (Å²) in [6.07, 6.45) is -3.68. The Bertz CT molecular complexity index is 340. The van der Waals surface area contributed by atoms with Gasteiger partial charge in [0.1, 0.15) is 5.82 Å². The molecule has 0 aliphatic heterocycles. The Labute approximate surface area is 97.2 Å². The van der Waals surface area contributed by atoms with Crippen molar-refractivity contribution in [2.45, 2.75) is 25.6 Å². The molecule has 0 spiro atoms. The molecule has 1 atom stereocenters. The molecular weight excluding hydrogens is 235 g/mol. The molecule has 0 fully saturated rings. The van der Waals surface area contributed by atoms with Gasteiger partial charge in [0, 0.05) is 7.11 Å². The van der Waals surface area contributed by atoms with Crippen LogP contribution in [-0.2, 0) is 10.9 Å². The van der Waals surface area contributed by atoms with E-state index in [1.54, 1.807) is 7.11 Å². The molecule has 0 radical (unpaired) electrons. The Morgan fingerprint density at radius 2 is 2.06 bits per heavy atom. The lowest BCUT2D eigenvalue weighted by Gasteiger charge is -2.16. The number of rotatable bonds is 5. The molecule has 1 aromatic rings. The molecule has 4 nitrogen and oxygen atoms in total. The van der Waals surface area contributed by atoms with E-state index in [2.05, 4.69) is 15.5 Å². The van der Waals surface area contributed by atoms with Gasteiger partial charge in [-0.1, -0.05) is 6.92 Å². The zero-order valence-electron chi connectivity index (χ0n) is 9.58. The first kappa shape index (κ1) is 13.7. The van der Waals surface area contributed by atoms with Crippen LogP contribution in [0.5, 0.6) is 0 Å². The average Bonchev–Trinajstić information content (AvgIpc) is 2.28. The molecule has 1 N–H and O–H groups in total. The van der Waals surface area contributed by atoms with Crippen molar-refractivity contribution in [2.24, 2.45) is 0 Å². The summed E-state index contributed by atoms with van der Waals surface area (Å²) in [6.45, 7) is 2.40. The second-order valence-corrected chi connectivity index (χ2v) is 3.51. The van der Waals surface area contributed by atoms with Gasteiger partial charge in [0.2, 0.25) is 0 Å². The lowest BCUT2D eigenvalue weighted by Crippen LogP contribution is -2.24. The number of ether oxygens (including phenoxy) is 1. The lowest BCUT2D eigenvalue weighted by molar-refractivity contribution is -0.141. The van der Waals surface area contributed by atoms with Gasteiger partial charge in [-0.2, -0.15) is 13.2 Å². The molecular formula is C10H14F3N3O. The van der Waals surface area contributed by atoms with E-state index in [4.69, 9.17) is 4.74 Å². The molecule has 0 bridgehead atoms. The minimum Gasteiger partial charge on any atom is -0.383 e. The second kappa shape index (κ2) is 5.81. The van der Waals surface area contributed by atoms with Crippen molar-refractivity contribution < 1.29 is 17.9 Å². The first-order chi connectivity index (χ1) is 7.97. The van der Waals surface area contributed by atoms with Crippen LogP contribution in [0.25, 0.3) is 0 Å². The highest BCUT2D eigenvalue weighted by Crippen LogP contribution is 2.27. The van der Waals surface area contributed by atoms with Gasteiger partial charge in [0.15, 0.2) is 5.69 Å². The first-order valence-electron chi connectivity index (χ1n) is 5.13. The minimum absolute atomic E-state index is 0.00559. The van der Waals surface area contributed by atoms with E-state index in [-0.39, 0.29) is 6.04 Å². The number of halogens is 3. The summed E-state index contributed by atoms with van der Waals surface area (Å²) >= 11 is 0. The molecule has 17 heavy (non-hydrogen) atoms. The van der Waals surface area contributed by atoms with E-state index >= 15 is 0 Å². The summed E-state index contributed by atoms with van der Waals surface area (Å²) < 4.78 is 41.6. The summed E-state index contributed by atoms with van der Waals surface area (Å²) in [5.74, 6) is 0.307. The first-order valence-corrected chi connectivity index (χ1v) is 5.13.